The molecule has 1 N–H and O–H groups in total. The standard InChI is InChI=1S/C10H17F3N2O.ClH/c1-9(2)7(10(11,12)13)4-5-15(9)8(16)6-14-3;/h7,14H,4-6H2,1-3H3;1H. The second-order valence-corrected chi connectivity index (χ2v) is 4.61. The van der Waals surface area contributed by atoms with Gasteiger partial charge in [0.05, 0.1) is 12.5 Å². The van der Waals surface area contributed by atoms with Crippen LogP contribution in [0.25, 0.3) is 0 Å². The van der Waals surface area contributed by atoms with E-state index in [1.165, 1.54) is 18.7 Å². The third kappa shape index (κ3) is 3.25. The van der Waals surface area contributed by atoms with Crippen molar-refractivity contribution in [3.63, 3.8) is 0 Å². The topological polar surface area (TPSA) is 32.3 Å². The van der Waals surface area contributed by atoms with Gasteiger partial charge in [0.2, 0.25) is 5.91 Å². The average Bonchev–Trinajstić information content (AvgIpc) is 2.40. The van der Waals surface area contributed by atoms with Gasteiger partial charge in [-0.05, 0) is 27.3 Å². The number of likely N-dealkylation sites (N-methyl/N-ethyl adjacent to an activating group) is 1. The van der Waals surface area contributed by atoms with Gasteiger partial charge in [-0.25, -0.2) is 0 Å². The maximum atomic E-state index is 12.7. The minimum atomic E-state index is -4.24. The summed E-state index contributed by atoms with van der Waals surface area (Å²) in [6.07, 6.45) is -4.25. The normalized spacial score (nSPS) is 23.4. The summed E-state index contributed by atoms with van der Waals surface area (Å²) in [6, 6.07) is 0. The van der Waals surface area contributed by atoms with Gasteiger partial charge in [-0.1, -0.05) is 0 Å². The van der Waals surface area contributed by atoms with Gasteiger partial charge in [-0.15, -0.1) is 12.4 Å². The molecule has 0 aromatic heterocycles. The number of amides is 1. The third-order valence-electron chi connectivity index (χ3n) is 3.21. The summed E-state index contributed by atoms with van der Waals surface area (Å²) in [4.78, 5) is 13.0. The summed E-state index contributed by atoms with van der Waals surface area (Å²) in [6.45, 7) is 3.21. The smallest absolute Gasteiger partial charge is 0.336 e. The largest absolute Gasteiger partial charge is 0.394 e. The number of carbonyl (C=O) groups excluding carboxylic acids is 1. The molecule has 3 nitrogen and oxygen atoms in total. The Bertz CT molecular complexity index is 281. The molecule has 1 unspecified atom stereocenters. The lowest BCUT2D eigenvalue weighted by atomic mass is 9.88. The Morgan fingerprint density at radius 1 is 1.47 bits per heavy atom. The van der Waals surface area contributed by atoms with E-state index in [9.17, 15) is 18.0 Å². The van der Waals surface area contributed by atoms with Crippen molar-refractivity contribution in [2.24, 2.45) is 5.92 Å². The molecule has 1 heterocycles. The first kappa shape index (κ1) is 16.5. The van der Waals surface area contributed by atoms with Crippen molar-refractivity contribution in [3.05, 3.63) is 0 Å². The summed E-state index contributed by atoms with van der Waals surface area (Å²) in [7, 11) is 1.60. The van der Waals surface area contributed by atoms with Gasteiger partial charge in [0.25, 0.3) is 0 Å². The highest BCUT2D eigenvalue weighted by Gasteiger charge is 2.55. The lowest BCUT2D eigenvalue weighted by Crippen LogP contribution is -2.51. The fourth-order valence-electron chi connectivity index (χ4n) is 2.34. The van der Waals surface area contributed by atoms with Crippen molar-refractivity contribution >= 4 is 18.3 Å². The molecule has 17 heavy (non-hydrogen) atoms. The number of hydrogen-bond donors (Lipinski definition) is 1. The van der Waals surface area contributed by atoms with Crippen LogP contribution in [0.15, 0.2) is 0 Å². The van der Waals surface area contributed by atoms with Crippen LogP contribution >= 0.6 is 12.4 Å². The van der Waals surface area contributed by atoms with Gasteiger partial charge in [-0.2, -0.15) is 13.2 Å². The molecule has 1 aliphatic heterocycles. The zero-order valence-electron chi connectivity index (χ0n) is 10.1. The molecule has 1 saturated heterocycles. The average molecular weight is 275 g/mol. The van der Waals surface area contributed by atoms with Gasteiger partial charge >= 0.3 is 6.18 Å². The molecule has 0 aromatic carbocycles. The fourth-order valence-corrected chi connectivity index (χ4v) is 2.34. The number of likely N-dealkylation sites (tertiary alicyclic amines) is 1. The Morgan fingerprint density at radius 3 is 2.35 bits per heavy atom. The maximum Gasteiger partial charge on any atom is 0.394 e. The van der Waals surface area contributed by atoms with E-state index in [0.717, 1.165) is 0 Å². The molecule has 0 saturated carbocycles. The van der Waals surface area contributed by atoms with Gasteiger partial charge in [0, 0.05) is 12.1 Å². The highest BCUT2D eigenvalue weighted by Crippen LogP contribution is 2.44. The lowest BCUT2D eigenvalue weighted by Gasteiger charge is -2.36. The summed E-state index contributed by atoms with van der Waals surface area (Å²) in [5.41, 5.74) is -1.15. The first-order valence-corrected chi connectivity index (χ1v) is 5.23. The number of halogens is 4. The molecule has 0 bridgehead atoms. The molecular weight excluding hydrogens is 257 g/mol. The molecule has 7 heteroatoms. The minimum Gasteiger partial charge on any atom is -0.336 e. The van der Waals surface area contributed by atoms with Crippen molar-refractivity contribution < 1.29 is 18.0 Å². The van der Waals surface area contributed by atoms with E-state index >= 15 is 0 Å². The number of hydrogen-bond acceptors (Lipinski definition) is 2. The van der Waals surface area contributed by atoms with Gasteiger partial charge in [0.15, 0.2) is 0 Å². The Kier molecular flexibility index (Phi) is 5.28. The molecule has 1 atom stereocenters. The summed E-state index contributed by atoms with van der Waals surface area (Å²) < 4.78 is 38.2. The van der Waals surface area contributed by atoms with E-state index in [0.29, 0.717) is 0 Å². The summed E-state index contributed by atoms with van der Waals surface area (Å²) >= 11 is 0. The van der Waals surface area contributed by atoms with E-state index < -0.39 is 17.6 Å². The van der Waals surface area contributed by atoms with Crippen LogP contribution in [-0.2, 0) is 4.79 Å². The van der Waals surface area contributed by atoms with Crippen LogP contribution in [0.5, 0.6) is 0 Å². The minimum absolute atomic E-state index is 0. The number of nitrogens with zero attached hydrogens (tertiary/aromatic N) is 1. The molecule has 102 valence electrons. The first-order valence-electron chi connectivity index (χ1n) is 5.23. The van der Waals surface area contributed by atoms with Crippen molar-refractivity contribution in [1.29, 1.82) is 0 Å². The molecule has 1 amide bonds. The highest BCUT2D eigenvalue weighted by atomic mass is 35.5. The zero-order valence-corrected chi connectivity index (χ0v) is 10.9. The summed E-state index contributed by atoms with van der Waals surface area (Å²) in [5, 5.41) is 2.66. The number of nitrogens with one attached hydrogen (secondary N) is 1. The van der Waals surface area contributed by atoms with Crippen LogP contribution in [-0.4, -0.2) is 42.7 Å². The number of rotatable bonds is 2. The van der Waals surface area contributed by atoms with Gasteiger partial charge in [-0.3, -0.25) is 4.79 Å². The fraction of sp³-hybridized carbons (Fsp3) is 0.900. The van der Waals surface area contributed by atoms with Crippen molar-refractivity contribution in [2.75, 3.05) is 20.1 Å². The Morgan fingerprint density at radius 2 is 2.00 bits per heavy atom. The molecular formula is C10H18ClF3N2O. The molecule has 0 spiro atoms. The molecule has 1 rings (SSSR count). The Labute approximate surface area is 105 Å². The van der Waals surface area contributed by atoms with E-state index in [1.54, 1.807) is 7.05 Å². The number of carbonyl (C=O) groups is 1. The quantitative estimate of drug-likeness (QED) is 0.833. The predicted octanol–water partition coefficient (Wildman–Crippen LogP) is 1.82. The first-order chi connectivity index (χ1) is 7.21. The zero-order chi connectivity index (χ0) is 12.6. The van der Waals surface area contributed by atoms with E-state index in [2.05, 4.69) is 5.32 Å². The maximum absolute atomic E-state index is 12.7. The SMILES string of the molecule is CNCC(=O)N1CCC(C(F)(F)F)C1(C)C.Cl. The molecule has 0 radical (unpaired) electrons. The third-order valence-corrected chi connectivity index (χ3v) is 3.21. The van der Waals surface area contributed by atoms with Crippen molar-refractivity contribution in [2.45, 2.75) is 32.0 Å². The van der Waals surface area contributed by atoms with Crippen LogP contribution in [0.3, 0.4) is 0 Å². The summed E-state index contributed by atoms with van der Waals surface area (Å²) in [5.74, 6) is -1.71. The molecule has 0 aromatic rings. The van der Waals surface area contributed by atoms with Crippen LogP contribution in [0.4, 0.5) is 13.2 Å². The molecule has 1 aliphatic rings. The van der Waals surface area contributed by atoms with Crippen LogP contribution in [0.1, 0.15) is 20.3 Å². The van der Waals surface area contributed by atoms with Crippen LogP contribution in [0, 0.1) is 5.92 Å². The van der Waals surface area contributed by atoms with E-state index in [4.69, 9.17) is 0 Å². The second-order valence-electron chi connectivity index (χ2n) is 4.61. The monoisotopic (exact) mass is 274 g/mol. The highest BCUT2D eigenvalue weighted by molar-refractivity contribution is 5.85. The van der Waals surface area contributed by atoms with Crippen LogP contribution in [0.2, 0.25) is 0 Å². The van der Waals surface area contributed by atoms with Gasteiger partial charge < -0.3 is 10.2 Å². The number of alkyl halides is 3. The van der Waals surface area contributed by atoms with Gasteiger partial charge in [0.1, 0.15) is 0 Å². The molecule has 0 aliphatic carbocycles. The van der Waals surface area contributed by atoms with E-state index in [-0.39, 0.29) is 37.8 Å². The predicted molar refractivity (Wildman–Crippen MR) is 61.1 cm³/mol. The van der Waals surface area contributed by atoms with Crippen molar-refractivity contribution in [1.82, 2.24) is 10.2 Å². The lowest BCUT2D eigenvalue weighted by molar-refractivity contribution is -0.192. The van der Waals surface area contributed by atoms with Crippen LogP contribution < -0.4 is 5.32 Å². The Balaban J connectivity index is 0.00000256. The van der Waals surface area contributed by atoms with Crippen molar-refractivity contribution in [3.8, 4) is 0 Å². The van der Waals surface area contributed by atoms with E-state index in [1.807, 2.05) is 0 Å². The second kappa shape index (κ2) is 5.44. The Hall–Kier alpha value is -0.490. The molecule has 1 fully saturated rings.